The molecule has 1 aromatic carbocycles. The Labute approximate surface area is 110 Å². The fraction of sp³-hybridized carbons (Fsp3) is 0.417. The molecule has 1 rings (SSSR count). The first-order valence-electron chi connectivity index (χ1n) is 5.29. The first kappa shape index (κ1) is 14.2. The molecule has 1 N–H and O–H groups in total. The average Bonchev–Trinajstić information content (AvgIpc) is 2.26. The lowest BCUT2D eigenvalue weighted by atomic mass is 10.3. The number of aliphatic carboxylic acids is 1. The molecule has 0 aliphatic carbocycles. The maximum Gasteiger partial charge on any atom is 0.304 e. The Morgan fingerprint density at radius 3 is 2.71 bits per heavy atom. The summed E-state index contributed by atoms with van der Waals surface area (Å²) in [5, 5.41) is 9.38. The van der Waals surface area contributed by atoms with Crippen molar-refractivity contribution in [3.63, 3.8) is 0 Å². The number of carboxylic acid groups (broad SMARTS) is 1. The molecule has 94 valence electrons. The third-order valence-corrected chi connectivity index (χ3v) is 3.42. The molecular weight excluding hydrogens is 260 g/mol. The molecule has 0 fully saturated rings. The van der Waals surface area contributed by atoms with Crippen molar-refractivity contribution in [3.8, 4) is 5.75 Å². The summed E-state index contributed by atoms with van der Waals surface area (Å²) in [6.45, 7) is 2.47. The first-order chi connectivity index (χ1) is 8.08. The Bertz CT molecular complexity index is 353. The topological polar surface area (TPSA) is 46.5 Å². The van der Waals surface area contributed by atoms with Gasteiger partial charge in [-0.2, -0.15) is 11.8 Å². The van der Waals surface area contributed by atoms with Gasteiger partial charge in [-0.3, -0.25) is 4.79 Å². The van der Waals surface area contributed by atoms with E-state index in [9.17, 15) is 4.79 Å². The van der Waals surface area contributed by atoms with Crippen molar-refractivity contribution in [1.82, 2.24) is 0 Å². The highest BCUT2D eigenvalue weighted by Gasteiger charge is 2.07. The largest absolute Gasteiger partial charge is 0.493 e. The lowest BCUT2D eigenvalue weighted by molar-refractivity contribution is -0.136. The zero-order valence-corrected chi connectivity index (χ0v) is 11.1. The fourth-order valence-corrected chi connectivity index (χ4v) is 2.21. The van der Waals surface area contributed by atoms with Crippen molar-refractivity contribution in [2.24, 2.45) is 0 Å². The summed E-state index contributed by atoms with van der Waals surface area (Å²) in [4.78, 5) is 10.4. The molecule has 0 aliphatic rings. The Morgan fingerprint density at radius 2 is 2.12 bits per heavy atom. The number of carbonyl (C=O) groups is 1. The van der Waals surface area contributed by atoms with E-state index in [1.54, 1.807) is 23.9 Å². The number of rotatable bonds is 7. The van der Waals surface area contributed by atoms with E-state index in [0.29, 0.717) is 11.6 Å². The first-order valence-corrected chi connectivity index (χ1v) is 6.72. The summed E-state index contributed by atoms with van der Waals surface area (Å²) in [5.41, 5.74) is 0. The number of carboxylic acids is 1. The van der Waals surface area contributed by atoms with Crippen LogP contribution in [0.5, 0.6) is 5.75 Å². The predicted octanol–water partition coefficient (Wildman–Crippen LogP) is 3.32. The molecular formula is C12H15ClO3S. The van der Waals surface area contributed by atoms with Crippen LogP contribution in [-0.2, 0) is 4.79 Å². The van der Waals surface area contributed by atoms with Crippen LogP contribution in [0.1, 0.15) is 13.3 Å². The number of thioether (sulfide) groups is 1. The average molecular weight is 275 g/mol. The summed E-state index contributed by atoms with van der Waals surface area (Å²) in [5.74, 6) is 0.793. The van der Waals surface area contributed by atoms with Gasteiger partial charge in [-0.25, -0.2) is 0 Å². The fourth-order valence-electron chi connectivity index (χ4n) is 1.24. The van der Waals surface area contributed by atoms with Gasteiger partial charge in [-0.1, -0.05) is 18.5 Å². The smallest absolute Gasteiger partial charge is 0.304 e. The standard InChI is InChI=1S/C12H15ClO3S/c1-9(8-12(14)15)17-7-6-16-11-4-2-10(13)3-5-11/h2-5,9H,6-8H2,1H3,(H,14,15). The van der Waals surface area contributed by atoms with Gasteiger partial charge in [0, 0.05) is 16.0 Å². The normalized spacial score (nSPS) is 12.1. The van der Waals surface area contributed by atoms with Crippen molar-refractivity contribution >= 4 is 29.3 Å². The number of benzene rings is 1. The van der Waals surface area contributed by atoms with Crippen LogP contribution in [0.15, 0.2) is 24.3 Å². The predicted molar refractivity (Wildman–Crippen MR) is 71.1 cm³/mol. The highest BCUT2D eigenvalue weighted by atomic mass is 35.5. The summed E-state index contributed by atoms with van der Waals surface area (Å²) < 4.78 is 5.49. The Balaban J connectivity index is 2.15. The maximum atomic E-state index is 10.4. The van der Waals surface area contributed by atoms with Gasteiger partial charge in [0.25, 0.3) is 0 Å². The second-order valence-electron chi connectivity index (χ2n) is 3.58. The molecule has 0 heterocycles. The van der Waals surface area contributed by atoms with Gasteiger partial charge in [0.05, 0.1) is 13.0 Å². The SMILES string of the molecule is CC(CC(=O)O)SCCOc1ccc(Cl)cc1. The molecule has 0 saturated carbocycles. The molecule has 0 amide bonds. The van der Waals surface area contributed by atoms with Gasteiger partial charge >= 0.3 is 5.97 Å². The van der Waals surface area contributed by atoms with E-state index < -0.39 is 5.97 Å². The Morgan fingerprint density at radius 1 is 1.47 bits per heavy atom. The molecule has 3 nitrogen and oxygen atoms in total. The van der Waals surface area contributed by atoms with Gasteiger partial charge in [-0.15, -0.1) is 0 Å². The van der Waals surface area contributed by atoms with Gasteiger partial charge < -0.3 is 9.84 Å². The minimum absolute atomic E-state index is 0.112. The number of hydrogen-bond acceptors (Lipinski definition) is 3. The van der Waals surface area contributed by atoms with Crippen LogP contribution in [0.25, 0.3) is 0 Å². The summed E-state index contributed by atoms with van der Waals surface area (Å²) in [7, 11) is 0. The van der Waals surface area contributed by atoms with Crippen LogP contribution in [0, 0.1) is 0 Å². The minimum Gasteiger partial charge on any atom is -0.493 e. The molecule has 17 heavy (non-hydrogen) atoms. The second kappa shape index (κ2) is 7.45. The minimum atomic E-state index is -0.761. The van der Waals surface area contributed by atoms with Crippen LogP contribution in [-0.4, -0.2) is 28.7 Å². The second-order valence-corrected chi connectivity index (χ2v) is 5.56. The molecule has 1 aromatic rings. The highest BCUT2D eigenvalue weighted by Crippen LogP contribution is 2.17. The van der Waals surface area contributed by atoms with E-state index in [1.165, 1.54) is 0 Å². The van der Waals surface area contributed by atoms with Gasteiger partial charge in [0.1, 0.15) is 5.75 Å². The quantitative estimate of drug-likeness (QED) is 0.775. The maximum absolute atomic E-state index is 10.4. The molecule has 0 saturated heterocycles. The summed E-state index contributed by atoms with van der Waals surface area (Å²) in [6, 6.07) is 7.18. The van der Waals surface area contributed by atoms with Crippen LogP contribution in [0.3, 0.4) is 0 Å². The number of halogens is 1. The Hall–Kier alpha value is -0.870. The van der Waals surface area contributed by atoms with E-state index in [0.717, 1.165) is 11.5 Å². The van der Waals surface area contributed by atoms with Gasteiger partial charge in [0.15, 0.2) is 0 Å². The van der Waals surface area contributed by atoms with Crippen LogP contribution in [0.2, 0.25) is 5.02 Å². The van der Waals surface area contributed by atoms with E-state index in [-0.39, 0.29) is 11.7 Å². The van der Waals surface area contributed by atoms with E-state index >= 15 is 0 Å². The molecule has 5 heteroatoms. The lowest BCUT2D eigenvalue weighted by Gasteiger charge is -2.09. The van der Waals surface area contributed by atoms with Gasteiger partial charge in [0.2, 0.25) is 0 Å². The van der Waals surface area contributed by atoms with E-state index in [2.05, 4.69) is 0 Å². The molecule has 0 bridgehead atoms. The van der Waals surface area contributed by atoms with Crippen LogP contribution < -0.4 is 4.74 Å². The molecule has 0 aliphatic heterocycles. The van der Waals surface area contributed by atoms with Crippen LogP contribution >= 0.6 is 23.4 Å². The summed E-state index contributed by atoms with van der Waals surface area (Å²) >= 11 is 7.34. The molecule has 0 radical (unpaired) electrons. The van der Waals surface area contributed by atoms with Crippen molar-refractivity contribution in [2.45, 2.75) is 18.6 Å². The number of ether oxygens (including phenoxy) is 1. The van der Waals surface area contributed by atoms with Crippen molar-refractivity contribution in [3.05, 3.63) is 29.3 Å². The zero-order chi connectivity index (χ0) is 12.7. The summed E-state index contributed by atoms with van der Waals surface area (Å²) in [6.07, 6.45) is 0.186. The van der Waals surface area contributed by atoms with Crippen LogP contribution in [0.4, 0.5) is 0 Å². The third kappa shape index (κ3) is 6.44. The Kier molecular flexibility index (Phi) is 6.22. The van der Waals surface area contributed by atoms with Crippen molar-refractivity contribution < 1.29 is 14.6 Å². The van der Waals surface area contributed by atoms with E-state index in [4.69, 9.17) is 21.4 Å². The van der Waals surface area contributed by atoms with Crippen molar-refractivity contribution in [2.75, 3.05) is 12.4 Å². The molecule has 1 atom stereocenters. The van der Waals surface area contributed by atoms with Crippen molar-refractivity contribution in [1.29, 1.82) is 0 Å². The molecule has 0 aromatic heterocycles. The molecule has 0 spiro atoms. The van der Waals surface area contributed by atoms with E-state index in [1.807, 2.05) is 19.1 Å². The third-order valence-electron chi connectivity index (χ3n) is 2.03. The lowest BCUT2D eigenvalue weighted by Crippen LogP contribution is -2.09. The zero-order valence-electron chi connectivity index (χ0n) is 9.56. The number of hydrogen-bond donors (Lipinski definition) is 1. The highest BCUT2D eigenvalue weighted by molar-refractivity contribution is 7.99. The monoisotopic (exact) mass is 274 g/mol. The van der Waals surface area contributed by atoms with Gasteiger partial charge in [-0.05, 0) is 24.3 Å². The molecule has 1 unspecified atom stereocenters.